The van der Waals surface area contributed by atoms with Gasteiger partial charge >= 0.3 is 17.8 Å². The van der Waals surface area contributed by atoms with Crippen LogP contribution in [0.1, 0.15) is 0 Å². The van der Waals surface area contributed by atoms with Gasteiger partial charge in [-0.25, -0.2) is 8.42 Å². The minimum atomic E-state index is -6.27. The first-order valence-corrected chi connectivity index (χ1v) is 5.39. The van der Waals surface area contributed by atoms with Gasteiger partial charge in [-0.15, -0.1) is 13.2 Å². The Kier molecular flexibility index (Phi) is 5.60. The molecule has 0 radical (unpaired) electrons. The van der Waals surface area contributed by atoms with Crippen molar-refractivity contribution in [1.82, 2.24) is 4.89 Å². The lowest BCUT2D eigenvalue weighted by atomic mass is 10.7. The lowest BCUT2D eigenvalue weighted by molar-refractivity contribution is -0.271. The summed E-state index contributed by atoms with van der Waals surface area (Å²) in [5, 5.41) is -5.87. The van der Waals surface area contributed by atoms with E-state index < -0.39 is 40.1 Å². The Morgan fingerprint density at radius 3 is 1.67 bits per heavy atom. The van der Waals surface area contributed by atoms with Crippen LogP contribution < -0.4 is 4.89 Å². The maximum Gasteiger partial charge on any atom is 0.536 e. The van der Waals surface area contributed by atoms with Crippen LogP contribution in [0.5, 0.6) is 0 Å². The Hall–Kier alpha value is -0.380. The SMILES string of the molecule is O=S(NOS(=O)C(F)(F)C(F)(F)F)OC(F)(F)F. The largest absolute Gasteiger partial charge is 0.536 e. The van der Waals surface area contributed by atoms with E-state index in [4.69, 9.17) is 0 Å². The summed E-state index contributed by atoms with van der Waals surface area (Å²) in [6.07, 6.45) is -11.7. The average molecular weight is 331 g/mol. The summed E-state index contributed by atoms with van der Waals surface area (Å²) in [7, 11) is 0. The van der Waals surface area contributed by atoms with E-state index in [2.05, 4.69) is 8.47 Å². The topological polar surface area (TPSA) is 64.6 Å². The molecule has 18 heavy (non-hydrogen) atoms. The minimum absolute atomic E-state index is 0.467. The summed E-state index contributed by atoms with van der Waals surface area (Å²) in [6.45, 7) is 0. The van der Waals surface area contributed by atoms with Crippen molar-refractivity contribution in [1.29, 1.82) is 0 Å². The van der Waals surface area contributed by atoms with Crippen molar-refractivity contribution in [3.8, 4) is 0 Å². The summed E-state index contributed by atoms with van der Waals surface area (Å²) in [5.41, 5.74) is 0. The second-order valence-corrected chi connectivity index (χ2v) is 4.13. The number of alkyl halides is 8. The molecule has 5 nitrogen and oxygen atoms in total. The maximum atomic E-state index is 12.2. The first-order valence-electron chi connectivity index (χ1n) is 3.25. The highest BCUT2D eigenvalue weighted by Gasteiger charge is 2.64. The zero-order valence-electron chi connectivity index (χ0n) is 7.47. The second kappa shape index (κ2) is 5.72. The van der Waals surface area contributed by atoms with Gasteiger partial charge in [0.1, 0.15) is 0 Å². The van der Waals surface area contributed by atoms with E-state index in [1.165, 1.54) is 0 Å². The van der Waals surface area contributed by atoms with Crippen LogP contribution in [0.2, 0.25) is 0 Å². The highest BCUT2D eigenvalue weighted by atomic mass is 32.2. The predicted octanol–water partition coefficient (Wildman–Crippen LogP) is 1.44. The van der Waals surface area contributed by atoms with Gasteiger partial charge in [-0.05, 0) is 0 Å². The van der Waals surface area contributed by atoms with Gasteiger partial charge in [-0.3, -0.25) is 0 Å². The number of hydrogen-bond donors (Lipinski definition) is 1. The van der Waals surface area contributed by atoms with E-state index in [1.807, 2.05) is 0 Å². The van der Waals surface area contributed by atoms with Crippen molar-refractivity contribution in [3.63, 3.8) is 0 Å². The molecule has 0 fully saturated rings. The molecule has 0 aliphatic heterocycles. The zero-order valence-corrected chi connectivity index (χ0v) is 9.11. The fraction of sp³-hybridized carbons (Fsp3) is 1.00. The van der Waals surface area contributed by atoms with Crippen LogP contribution >= 0.6 is 0 Å². The average Bonchev–Trinajstić information content (AvgIpc) is 2.09. The van der Waals surface area contributed by atoms with Gasteiger partial charge in [-0.1, -0.05) is 4.89 Å². The Bertz CT molecular complexity index is 338. The molecule has 0 rings (SSSR count). The van der Waals surface area contributed by atoms with E-state index in [1.54, 1.807) is 0 Å². The van der Waals surface area contributed by atoms with Gasteiger partial charge in [-0.2, -0.15) is 30.4 Å². The van der Waals surface area contributed by atoms with Crippen LogP contribution in [0.4, 0.5) is 35.1 Å². The number of hydrogen-bond acceptors (Lipinski definition) is 4. The molecular weight excluding hydrogens is 330 g/mol. The Morgan fingerprint density at radius 2 is 1.33 bits per heavy atom. The Balaban J connectivity index is 4.41. The number of halogens is 8. The first kappa shape index (κ1) is 17.6. The molecule has 0 aromatic rings. The standard InChI is InChI=1S/C3HF8NO4S2/c4-1(5,6)2(7,8)17(13)16-12-18(14)15-3(9,10)11/h12H. The Labute approximate surface area is 97.8 Å². The maximum absolute atomic E-state index is 12.2. The van der Waals surface area contributed by atoms with Crippen molar-refractivity contribution in [3.05, 3.63) is 0 Å². The fourth-order valence-corrected chi connectivity index (χ4v) is 1.28. The third-order valence-corrected chi connectivity index (χ3v) is 2.44. The molecule has 15 heteroatoms. The third kappa shape index (κ3) is 5.51. The molecule has 0 bridgehead atoms. The van der Waals surface area contributed by atoms with E-state index in [0.717, 1.165) is 0 Å². The van der Waals surface area contributed by atoms with Crippen LogP contribution in [-0.4, -0.2) is 26.2 Å². The van der Waals surface area contributed by atoms with Gasteiger partial charge in [0.05, 0.1) is 0 Å². The molecule has 0 saturated heterocycles. The highest BCUT2D eigenvalue weighted by molar-refractivity contribution is 7.82. The molecule has 0 saturated carbocycles. The molecule has 0 heterocycles. The molecule has 0 amide bonds. The normalized spacial score (nSPS) is 17.6. The van der Waals surface area contributed by atoms with E-state index in [9.17, 15) is 43.5 Å². The molecule has 0 aliphatic rings. The smallest absolute Gasteiger partial charge is 0.221 e. The molecule has 2 unspecified atom stereocenters. The summed E-state index contributed by atoms with van der Waals surface area (Å²) in [5.74, 6) is 0. The highest BCUT2D eigenvalue weighted by Crippen LogP contribution is 2.38. The van der Waals surface area contributed by atoms with Crippen molar-refractivity contribution in [2.24, 2.45) is 0 Å². The quantitative estimate of drug-likeness (QED) is 0.612. The lowest BCUT2D eigenvalue weighted by Gasteiger charge is -2.17. The van der Waals surface area contributed by atoms with Gasteiger partial charge in [0.2, 0.25) is 0 Å². The van der Waals surface area contributed by atoms with Crippen LogP contribution in [0.25, 0.3) is 0 Å². The molecule has 0 aromatic carbocycles. The molecule has 110 valence electrons. The van der Waals surface area contributed by atoms with Crippen molar-refractivity contribution in [2.75, 3.05) is 0 Å². The Morgan fingerprint density at radius 1 is 0.889 bits per heavy atom. The summed E-state index contributed by atoms with van der Waals surface area (Å²) in [4.78, 5) is 0.467. The van der Waals surface area contributed by atoms with E-state index in [-0.39, 0.29) is 0 Å². The van der Waals surface area contributed by atoms with Gasteiger partial charge in [0.15, 0.2) is 0 Å². The van der Waals surface area contributed by atoms with E-state index in [0.29, 0.717) is 4.89 Å². The van der Waals surface area contributed by atoms with Crippen molar-refractivity contribution in [2.45, 2.75) is 17.8 Å². The lowest BCUT2D eigenvalue weighted by Crippen LogP contribution is -2.43. The summed E-state index contributed by atoms with van der Waals surface area (Å²) in [6, 6.07) is 0. The summed E-state index contributed by atoms with van der Waals surface area (Å²) < 4.78 is 119. The zero-order chi connectivity index (χ0) is 14.8. The second-order valence-electron chi connectivity index (χ2n) is 2.18. The molecule has 2 atom stereocenters. The third-order valence-electron chi connectivity index (χ3n) is 0.887. The molecule has 0 spiro atoms. The van der Waals surface area contributed by atoms with Crippen molar-refractivity contribution < 1.29 is 52.0 Å². The molecule has 0 aliphatic carbocycles. The van der Waals surface area contributed by atoms with Gasteiger partial charge in [0, 0.05) is 0 Å². The first-order chi connectivity index (χ1) is 7.77. The fourth-order valence-electron chi connectivity index (χ4n) is 0.308. The number of rotatable bonds is 5. The van der Waals surface area contributed by atoms with Crippen LogP contribution in [-0.2, 0) is 30.8 Å². The molecule has 0 aromatic heterocycles. The van der Waals surface area contributed by atoms with E-state index >= 15 is 0 Å². The summed E-state index contributed by atoms with van der Waals surface area (Å²) >= 11 is -8.12. The molecule has 1 N–H and O–H groups in total. The van der Waals surface area contributed by atoms with Gasteiger partial charge in [0.25, 0.3) is 22.3 Å². The minimum Gasteiger partial charge on any atom is -0.221 e. The predicted molar refractivity (Wildman–Crippen MR) is 38.6 cm³/mol. The monoisotopic (exact) mass is 331 g/mol. The molecular formula is C3HF8NO4S2. The van der Waals surface area contributed by atoms with Crippen LogP contribution in [0.15, 0.2) is 0 Å². The van der Waals surface area contributed by atoms with Gasteiger partial charge < -0.3 is 0 Å². The van der Waals surface area contributed by atoms with Crippen molar-refractivity contribution >= 4 is 22.3 Å². The van der Waals surface area contributed by atoms with Crippen LogP contribution in [0.3, 0.4) is 0 Å². The van der Waals surface area contributed by atoms with Crippen LogP contribution in [0, 0.1) is 0 Å². The number of nitrogens with one attached hydrogen (secondary N) is 1.